The van der Waals surface area contributed by atoms with E-state index in [4.69, 9.17) is 16.3 Å². The molecule has 1 amide bonds. The number of benzene rings is 1. The number of carbonyl (C=O) groups is 1. The average molecular weight is 300 g/mol. The van der Waals surface area contributed by atoms with Gasteiger partial charge in [0.2, 0.25) is 5.91 Å². The number of hydrogen-bond donors (Lipinski definition) is 2. The van der Waals surface area contributed by atoms with Crippen LogP contribution in [0, 0.1) is 0 Å². The summed E-state index contributed by atoms with van der Waals surface area (Å²) in [5.41, 5.74) is 0.0128. The van der Waals surface area contributed by atoms with E-state index in [1.165, 1.54) is 0 Å². The normalized spacial score (nSPS) is 11.4. The SMILES string of the molecule is CCC(O)(CC)CNC(=O)COCc1ccccc1Cl. The Kier molecular flexibility index (Phi) is 6.99. The summed E-state index contributed by atoms with van der Waals surface area (Å²) < 4.78 is 5.32. The highest BCUT2D eigenvalue weighted by Crippen LogP contribution is 2.15. The van der Waals surface area contributed by atoms with Crippen LogP contribution in [0.25, 0.3) is 0 Å². The summed E-state index contributed by atoms with van der Waals surface area (Å²) in [6.07, 6.45) is 1.20. The molecule has 0 unspecified atom stereocenters. The van der Waals surface area contributed by atoms with Crippen LogP contribution in [0.1, 0.15) is 32.3 Å². The molecule has 2 N–H and O–H groups in total. The van der Waals surface area contributed by atoms with Crippen molar-refractivity contribution in [2.24, 2.45) is 0 Å². The fraction of sp³-hybridized carbons (Fsp3) is 0.533. The van der Waals surface area contributed by atoms with Crippen molar-refractivity contribution in [1.29, 1.82) is 0 Å². The largest absolute Gasteiger partial charge is 0.388 e. The van der Waals surface area contributed by atoms with E-state index >= 15 is 0 Å². The summed E-state index contributed by atoms with van der Waals surface area (Å²) in [6, 6.07) is 7.35. The van der Waals surface area contributed by atoms with E-state index in [9.17, 15) is 9.90 Å². The highest BCUT2D eigenvalue weighted by Gasteiger charge is 2.22. The van der Waals surface area contributed by atoms with Crippen molar-refractivity contribution >= 4 is 17.5 Å². The molecule has 1 aromatic carbocycles. The van der Waals surface area contributed by atoms with Crippen LogP contribution >= 0.6 is 11.6 Å². The minimum absolute atomic E-state index is 0.0469. The van der Waals surface area contributed by atoms with E-state index in [1.54, 1.807) is 6.07 Å². The maximum Gasteiger partial charge on any atom is 0.246 e. The van der Waals surface area contributed by atoms with Crippen LogP contribution in [0.15, 0.2) is 24.3 Å². The Balaban J connectivity index is 2.29. The van der Waals surface area contributed by atoms with Gasteiger partial charge in [-0.15, -0.1) is 0 Å². The van der Waals surface area contributed by atoms with E-state index in [-0.39, 0.29) is 19.1 Å². The van der Waals surface area contributed by atoms with Gasteiger partial charge in [-0.05, 0) is 24.5 Å². The lowest BCUT2D eigenvalue weighted by atomic mass is 9.98. The average Bonchev–Trinajstić information content (AvgIpc) is 2.47. The molecule has 5 heteroatoms. The zero-order valence-corrected chi connectivity index (χ0v) is 12.7. The second-order valence-electron chi connectivity index (χ2n) is 4.79. The smallest absolute Gasteiger partial charge is 0.246 e. The maximum atomic E-state index is 11.6. The molecule has 112 valence electrons. The molecule has 0 bridgehead atoms. The Morgan fingerprint density at radius 3 is 2.60 bits per heavy atom. The first-order chi connectivity index (χ1) is 9.50. The lowest BCUT2D eigenvalue weighted by molar-refractivity contribution is -0.127. The van der Waals surface area contributed by atoms with Crippen molar-refractivity contribution in [2.75, 3.05) is 13.2 Å². The maximum absolute atomic E-state index is 11.6. The van der Waals surface area contributed by atoms with Gasteiger partial charge in [0.25, 0.3) is 0 Å². The van der Waals surface area contributed by atoms with E-state index < -0.39 is 5.60 Å². The van der Waals surface area contributed by atoms with Crippen molar-refractivity contribution in [3.63, 3.8) is 0 Å². The molecule has 0 aliphatic heterocycles. The highest BCUT2D eigenvalue weighted by atomic mass is 35.5. The number of nitrogens with one attached hydrogen (secondary N) is 1. The number of aliphatic hydroxyl groups is 1. The third kappa shape index (κ3) is 5.49. The van der Waals surface area contributed by atoms with Crippen LogP contribution in [0.4, 0.5) is 0 Å². The lowest BCUT2D eigenvalue weighted by Crippen LogP contribution is -2.43. The molecule has 1 aromatic rings. The highest BCUT2D eigenvalue weighted by molar-refractivity contribution is 6.31. The topological polar surface area (TPSA) is 58.6 Å². The molecule has 0 spiro atoms. The molecule has 0 saturated carbocycles. The Labute approximate surface area is 125 Å². The molecule has 0 saturated heterocycles. The van der Waals surface area contributed by atoms with Crippen molar-refractivity contribution in [2.45, 2.75) is 38.9 Å². The molecule has 0 aliphatic carbocycles. The molecule has 0 radical (unpaired) electrons. The van der Waals surface area contributed by atoms with E-state index in [0.29, 0.717) is 24.5 Å². The molecule has 0 atom stereocenters. The van der Waals surface area contributed by atoms with E-state index in [1.807, 2.05) is 32.0 Å². The van der Waals surface area contributed by atoms with Crippen LogP contribution in [0.5, 0.6) is 0 Å². The van der Waals surface area contributed by atoms with Crippen LogP contribution in [-0.4, -0.2) is 29.8 Å². The number of amides is 1. The minimum Gasteiger partial charge on any atom is -0.388 e. The molecular weight excluding hydrogens is 278 g/mol. The second-order valence-corrected chi connectivity index (χ2v) is 5.20. The number of ether oxygens (including phenoxy) is 1. The van der Waals surface area contributed by atoms with Gasteiger partial charge in [0.1, 0.15) is 6.61 Å². The Morgan fingerprint density at radius 1 is 1.35 bits per heavy atom. The predicted octanol–water partition coefficient (Wildman–Crippen LogP) is 2.52. The first-order valence-electron chi connectivity index (χ1n) is 6.81. The van der Waals surface area contributed by atoms with Gasteiger partial charge < -0.3 is 15.2 Å². The van der Waals surface area contributed by atoms with Gasteiger partial charge in [-0.3, -0.25) is 4.79 Å². The summed E-state index contributed by atoms with van der Waals surface area (Å²) in [4.78, 5) is 11.6. The van der Waals surface area contributed by atoms with Crippen LogP contribution in [0.2, 0.25) is 5.02 Å². The molecule has 1 rings (SSSR count). The van der Waals surface area contributed by atoms with Crippen molar-refractivity contribution < 1.29 is 14.6 Å². The quantitative estimate of drug-likeness (QED) is 0.775. The van der Waals surface area contributed by atoms with Gasteiger partial charge in [-0.25, -0.2) is 0 Å². The van der Waals surface area contributed by atoms with Gasteiger partial charge in [0, 0.05) is 11.6 Å². The standard InChI is InChI=1S/C15H22ClNO3/c1-3-15(19,4-2)11-17-14(18)10-20-9-12-7-5-6-8-13(12)16/h5-8,19H,3-4,9-11H2,1-2H3,(H,17,18). The Morgan fingerprint density at radius 2 is 2.00 bits per heavy atom. The molecule has 0 heterocycles. The van der Waals surface area contributed by atoms with Crippen LogP contribution < -0.4 is 5.32 Å². The van der Waals surface area contributed by atoms with Gasteiger partial charge in [-0.1, -0.05) is 43.6 Å². The predicted molar refractivity (Wildman–Crippen MR) is 79.6 cm³/mol. The monoisotopic (exact) mass is 299 g/mol. The van der Waals surface area contributed by atoms with Gasteiger partial charge in [0.15, 0.2) is 0 Å². The van der Waals surface area contributed by atoms with Gasteiger partial charge in [0.05, 0.1) is 12.2 Å². The molecular formula is C15H22ClNO3. The van der Waals surface area contributed by atoms with Crippen molar-refractivity contribution in [3.05, 3.63) is 34.9 Å². The second kappa shape index (κ2) is 8.25. The fourth-order valence-electron chi connectivity index (χ4n) is 1.68. The number of hydrogen-bond acceptors (Lipinski definition) is 3. The summed E-state index contributed by atoms with van der Waals surface area (Å²) in [5.74, 6) is -0.239. The van der Waals surface area contributed by atoms with Crippen LogP contribution in [-0.2, 0) is 16.1 Å². The minimum atomic E-state index is -0.835. The number of halogens is 1. The van der Waals surface area contributed by atoms with Crippen molar-refractivity contribution in [3.8, 4) is 0 Å². The molecule has 4 nitrogen and oxygen atoms in total. The summed E-state index contributed by atoms with van der Waals surface area (Å²) in [5, 5.41) is 13.3. The third-order valence-electron chi connectivity index (χ3n) is 3.38. The number of rotatable bonds is 8. The fourth-order valence-corrected chi connectivity index (χ4v) is 1.87. The molecule has 20 heavy (non-hydrogen) atoms. The van der Waals surface area contributed by atoms with Gasteiger partial charge >= 0.3 is 0 Å². The summed E-state index contributed by atoms with van der Waals surface area (Å²) >= 11 is 5.98. The molecule has 0 fully saturated rings. The van der Waals surface area contributed by atoms with Crippen LogP contribution in [0.3, 0.4) is 0 Å². The first kappa shape index (κ1) is 17.0. The lowest BCUT2D eigenvalue weighted by Gasteiger charge is -2.25. The van der Waals surface area contributed by atoms with Gasteiger partial charge in [-0.2, -0.15) is 0 Å². The van der Waals surface area contributed by atoms with E-state index in [2.05, 4.69) is 5.32 Å². The van der Waals surface area contributed by atoms with E-state index in [0.717, 1.165) is 5.56 Å². The zero-order valence-electron chi connectivity index (χ0n) is 12.0. The van der Waals surface area contributed by atoms with Crippen molar-refractivity contribution in [1.82, 2.24) is 5.32 Å². The Bertz CT molecular complexity index is 433. The third-order valence-corrected chi connectivity index (χ3v) is 3.75. The first-order valence-corrected chi connectivity index (χ1v) is 7.18. The summed E-state index contributed by atoms with van der Waals surface area (Å²) in [6.45, 7) is 4.27. The zero-order chi connectivity index (χ0) is 15.0. The Hall–Kier alpha value is -1.10. The molecule has 0 aromatic heterocycles. The number of carbonyl (C=O) groups excluding carboxylic acids is 1. The molecule has 0 aliphatic rings. The summed E-state index contributed by atoms with van der Waals surface area (Å²) in [7, 11) is 0.